The Labute approximate surface area is 164 Å². The smallest absolute Gasteiger partial charge is 0.225 e. The van der Waals surface area contributed by atoms with Crippen molar-refractivity contribution in [2.75, 3.05) is 17.2 Å². The van der Waals surface area contributed by atoms with E-state index in [2.05, 4.69) is 48.2 Å². The molecule has 2 heterocycles. The van der Waals surface area contributed by atoms with Gasteiger partial charge in [-0.3, -0.25) is 4.98 Å². The van der Waals surface area contributed by atoms with Gasteiger partial charge in [0.15, 0.2) is 0 Å². The molecule has 2 aromatic heterocycles. The van der Waals surface area contributed by atoms with E-state index in [-0.39, 0.29) is 18.5 Å². The second-order valence-corrected chi connectivity index (χ2v) is 6.92. The van der Waals surface area contributed by atoms with Crippen LogP contribution < -0.4 is 10.6 Å². The first-order valence-corrected chi connectivity index (χ1v) is 9.02. The molecule has 0 bridgehead atoms. The molecule has 0 aliphatic rings. The van der Waals surface area contributed by atoms with Gasteiger partial charge in [-0.1, -0.05) is 0 Å². The van der Waals surface area contributed by atoms with Crippen molar-refractivity contribution in [2.45, 2.75) is 13.0 Å². The lowest BCUT2D eigenvalue weighted by molar-refractivity contribution is 0.281. The lowest BCUT2D eigenvalue weighted by atomic mass is 10.2. The zero-order valence-corrected chi connectivity index (χ0v) is 16.1. The maximum absolute atomic E-state index is 14.2. The van der Waals surface area contributed by atoms with Gasteiger partial charge in [-0.15, -0.1) is 0 Å². The van der Waals surface area contributed by atoms with E-state index in [1.54, 1.807) is 24.5 Å². The summed E-state index contributed by atoms with van der Waals surface area (Å²) in [4.78, 5) is 12.9. The second kappa shape index (κ2) is 8.37. The van der Waals surface area contributed by atoms with E-state index in [0.29, 0.717) is 23.1 Å². The third kappa shape index (κ3) is 4.64. The van der Waals surface area contributed by atoms with Gasteiger partial charge in [-0.25, -0.2) is 9.37 Å². The van der Waals surface area contributed by atoms with Crippen molar-refractivity contribution in [1.82, 2.24) is 15.0 Å². The highest BCUT2D eigenvalue weighted by atomic mass is 127. The second-order valence-electron chi connectivity index (χ2n) is 5.68. The predicted molar refractivity (Wildman–Crippen MR) is 108 cm³/mol. The van der Waals surface area contributed by atoms with Crippen LogP contribution >= 0.6 is 22.6 Å². The average Bonchev–Trinajstić information content (AvgIpc) is 2.64. The Bertz CT molecular complexity index is 894. The summed E-state index contributed by atoms with van der Waals surface area (Å²) < 4.78 is 15.0. The maximum atomic E-state index is 14.2. The van der Waals surface area contributed by atoms with Crippen molar-refractivity contribution in [1.29, 1.82) is 0 Å². The lowest BCUT2D eigenvalue weighted by Crippen LogP contribution is -2.21. The van der Waals surface area contributed by atoms with Gasteiger partial charge in [-0.2, -0.15) is 4.98 Å². The molecule has 134 valence electrons. The molecule has 3 aromatic rings. The van der Waals surface area contributed by atoms with Gasteiger partial charge in [0, 0.05) is 33.6 Å². The van der Waals surface area contributed by atoms with Crippen LogP contribution in [0, 0.1) is 9.39 Å². The van der Waals surface area contributed by atoms with Crippen LogP contribution in [0.25, 0.3) is 11.3 Å². The molecule has 6 nitrogen and oxygen atoms in total. The first-order valence-electron chi connectivity index (χ1n) is 7.94. The molecule has 0 radical (unpaired) electrons. The van der Waals surface area contributed by atoms with E-state index in [1.165, 1.54) is 6.07 Å². The molecule has 8 heteroatoms. The number of rotatable bonds is 6. The number of aromatic nitrogens is 3. The minimum Gasteiger partial charge on any atom is -0.394 e. The molecule has 3 rings (SSSR count). The van der Waals surface area contributed by atoms with Gasteiger partial charge in [0.2, 0.25) is 5.95 Å². The predicted octanol–water partition coefficient (Wildman–Crippen LogP) is 3.82. The number of anilines is 3. The normalized spacial score (nSPS) is 11.8. The maximum Gasteiger partial charge on any atom is 0.225 e. The molecular weight excluding hydrogens is 448 g/mol. The molecule has 1 atom stereocenters. The molecule has 1 aromatic carbocycles. The monoisotopic (exact) mass is 465 g/mol. The van der Waals surface area contributed by atoms with Crippen molar-refractivity contribution in [3.05, 3.63) is 58.2 Å². The summed E-state index contributed by atoms with van der Waals surface area (Å²) in [6.07, 6.45) is 3.35. The standard InChI is InChI=1S/C18H17FIN5O/c1-11(10-26)22-18-24-16(12-4-6-21-7-5-12)9-17(25-18)23-15-3-2-13(20)8-14(15)19/h2-9,11,26H,10H2,1H3,(H2,22,23,24,25)/t11-/m1/s1. The number of halogens is 2. The highest BCUT2D eigenvalue weighted by Gasteiger charge is 2.11. The van der Waals surface area contributed by atoms with E-state index in [1.807, 2.05) is 25.1 Å². The Kier molecular flexibility index (Phi) is 5.94. The van der Waals surface area contributed by atoms with Crippen LogP contribution in [-0.2, 0) is 0 Å². The Morgan fingerprint density at radius 1 is 1.15 bits per heavy atom. The minimum absolute atomic E-state index is 0.0582. The fourth-order valence-corrected chi connectivity index (χ4v) is 2.69. The van der Waals surface area contributed by atoms with Crippen molar-refractivity contribution in [2.24, 2.45) is 0 Å². The fourth-order valence-electron chi connectivity index (χ4n) is 2.24. The third-order valence-electron chi connectivity index (χ3n) is 3.55. The van der Waals surface area contributed by atoms with Gasteiger partial charge in [0.05, 0.1) is 18.0 Å². The Balaban J connectivity index is 1.98. The molecule has 0 saturated carbocycles. The number of pyridine rings is 1. The van der Waals surface area contributed by atoms with Crippen LogP contribution in [0.1, 0.15) is 6.92 Å². The first kappa shape index (κ1) is 18.5. The molecular formula is C18H17FIN5O. The van der Waals surface area contributed by atoms with E-state index >= 15 is 0 Å². The number of hydrogen-bond donors (Lipinski definition) is 3. The van der Waals surface area contributed by atoms with Gasteiger partial charge in [0.1, 0.15) is 11.6 Å². The molecule has 0 amide bonds. The molecule has 0 aliphatic carbocycles. The summed E-state index contributed by atoms with van der Waals surface area (Å²) in [6, 6.07) is 10.1. The van der Waals surface area contributed by atoms with Crippen LogP contribution in [0.15, 0.2) is 48.8 Å². The molecule has 0 fully saturated rings. The Morgan fingerprint density at radius 2 is 1.92 bits per heavy atom. The highest BCUT2D eigenvalue weighted by Crippen LogP contribution is 2.25. The van der Waals surface area contributed by atoms with Gasteiger partial charge in [0.25, 0.3) is 0 Å². The van der Waals surface area contributed by atoms with Crippen LogP contribution in [0.2, 0.25) is 0 Å². The summed E-state index contributed by atoms with van der Waals surface area (Å²) >= 11 is 2.06. The average molecular weight is 465 g/mol. The van der Waals surface area contributed by atoms with Crippen LogP contribution in [0.4, 0.5) is 21.8 Å². The zero-order valence-electron chi connectivity index (χ0n) is 13.9. The first-order chi connectivity index (χ1) is 12.5. The van der Waals surface area contributed by atoms with E-state index in [4.69, 9.17) is 0 Å². The van der Waals surface area contributed by atoms with Crippen LogP contribution in [0.3, 0.4) is 0 Å². The quantitative estimate of drug-likeness (QED) is 0.481. The van der Waals surface area contributed by atoms with Gasteiger partial charge >= 0.3 is 0 Å². The number of aliphatic hydroxyl groups is 1. The molecule has 0 unspecified atom stereocenters. The zero-order chi connectivity index (χ0) is 18.5. The molecule has 3 N–H and O–H groups in total. The SMILES string of the molecule is C[C@H](CO)Nc1nc(Nc2ccc(I)cc2F)cc(-c2ccncc2)n1. The minimum atomic E-state index is -0.362. The summed E-state index contributed by atoms with van der Waals surface area (Å²) in [5.74, 6) is 0.424. The van der Waals surface area contributed by atoms with Crippen molar-refractivity contribution in [3.63, 3.8) is 0 Å². The number of aliphatic hydroxyl groups excluding tert-OH is 1. The van der Waals surface area contributed by atoms with E-state index in [0.717, 1.165) is 9.13 Å². The third-order valence-corrected chi connectivity index (χ3v) is 4.22. The van der Waals surface area contributed by atoms with Crippen LogP contribution in [0.5, 0.6) is 0 Å². The number of nitrogens with one attached hydrogen (secondary N) is 2. The molecule has 26 heavy (non-hydrogen) atoms. The van der Waals surface area contributed by atoms with Crippen molar-refractivity contribution in [3.8, 4) is 11.3 Å². The highest BCUT2D eigenvalue weighted by molar-refractivity contribution is 14.1. The lowest BCUT2D eigenvalue weighted by Gasteiger charge is -2.14. The summed E-state index contributed by atoms with van der Waals surface area (Å²) in [7, 11) is 0. The molecule has 0 aliphatic heterocycles. The van der Waals surface area contributed by atoms with E-state index < -0.39 is 0 Å². The van der Waals surface area contributed by atoms with E-state index in [9.17, 15) is 9.50 Å². The number of nitrogens with zero attached hydrogens (tertiary/aromatic N) is 3. The topological polar surface area (TPSA) is 83.0 Å². The van der Waals surface area contributed by atoms with Crippen LogP contribution in [-0.4, -0.2) is 32.7 Å². The Hall–Kier alpha value is -2.33. The molecule has 0 saturated heterocycles. The number of hydrogen-bond acceptors (Lipinski definition) is 6. The largest absolute Gasteiger partial charge is 0.394 e. The summed E-state index contributed by atoms with van der Waals surface area (Å²) in [6.45, 7) is 1.76. The van der Waals surface area contributed by atoms with Gasteiger partial charge < -0.3 is 15.7 Å². The van der Waals surface area contributed by atoms with Crippen molar-refractivity contribution < 1.29 is 9.50 Å². The van der Waals surface area contributed by atoms with Gasteiger partial charge in [-0.05, 0) is 59.8 Å². The fraction of sp³-hybridized carbons (Fsp3) is 0.167. The summed E-state index contributed by atoms with van der Waals surface area (Å²) in [5.41, 5.74) is 1.84. The number of benzene rings is 1. The van der Waals surface area contributed by atoms with Crippen molar-refractivity contribution >= 4 is 40.0 Å². The summed E-state index contributed by atoms with van der Waals surface area (Å²) in [5, 5.41) is 15.3. The molecule has 0 spiro atoms. The Morgan fingerprint density at radius 3 is 2.62 bits per heavy atom.